The Balaban J connectivity index is 2.52. The van der Waals surface area contributed by atoms with E-state index in [1.54, 1.807) is 0 Å². The topological polar surface area (TPSA) is 21.3 Å². The molecule has 0 saturated carbocycles. The summed E-state index contributed by atoms with van der Waals surface area (Å²) in [5.74, 6) is 0. The molecule has 0 amide bonds. The van der Waals surface area contributed by atoms with Crippen molar-refractivity contribution in [1.82, 2.24) is 5.32 Å². The van der Waals surface area contributed by atoms with Crippen LogP contribution in [0, 0.1) is 0 Å². The highest BCUT2D eigenvalue weighted by atomic mass is 35.5. The lowest BCUT2D eigenvalue weighted by atomic mass is 10.0. The SMILES string of the molecule is CCCOCCC(NCC)c1cccc(Cl)c1. The minimum absolute atomic E-state index is 0.329. The maximum atomic E-state index is 6.01. The number of benzene rings is 1. The van der Waals surface area contributed by atoms with Crippen LogP contribution >= 0.6 is 11.6 Å². The first-order valence-electron chi connectivity index (χ1n) is 6.34. The van der Waals surface area contributed by atoms with Crippen LogP contribution in [0.4, 0.5) is 0 Å². The summed E-state index contributed by atoms with van der Waals surface area (Å²) >= 11 is 6.01. The van der Waals surface area contributed by atoms with Crippen molar-refractivity contribution in [2.24, 2.45) is 0 Å². The van der Waals surface area contributed by atoms with Crippen molar-refractivity contribution in [2.75, 3.05) is 19.8 Å². The monoisotopic (exact) mass is 255 g/mol. The summed E-state index contributed by atoms with van der Waals surface area (Å²) in [5.41, 5.74) is 1.24. The van der Waals surface area contributed by atoms with Gasteiger partial charge < -0.3 is 10.1 Å². The van der Waals surface area contributed by atoms with Crippen LogP contribution in [0.15, 0.2) is 24.3 Å². The minimum Gasteiger partial charge on any atom is -0.381 e. The van der Waals surface area contributed by atoms with Crippen LogP contribution in [0.5, 0.6) is 0 Å². The number of halogens is 1. The quantitative estimate of drug-likeness (QED) is 0.714. The Labute approximate surface area is 109 Å². The van der Waals surface area contributed by atoms with E-state index in [4.69, 9.17) is 16.3 Å². The Morgan fingerprint density at radius 1 is 1.29 bits per heavy atom. The average molecular weight is 256 g/mol. The standard InChI is InChI=1S/C14H22ClNO/c1-3-9-17-10-8-14(16-4-2)12-6-5-7-13(15)11-12/h5-7,11,14,16H,3-4,8-10H2,1-2H3. The molecule has 0 heterocycles. The van der Waals surface area contributed by atoms with Crippen molar-refractivity contribution in [3.8, 4) is 0 Å². The largest absolute Gasteiger partial charge is 0.381 e. The van der Waals surface area contributed by atoms with Gasteiger partial charge in [0.2, 0.25) is 0 Å². The number of ether oxygens (including phenoxy) is 1. The molecular formula is C14H22ClNO. The van der Waals surface area contributed by atoms with Crippen molar-refractivity contribution in [1.29, 1.82) is 0 Å². The van der Waals surface area contributed by atoms with Gasteiger partial charge in [-0.15, -0.1) is 0 Å². The zero-order valence-corrected chi connectivity index (χ0v) is 11.5. The predicted molar refractivity (Wildman–Crippen MR) is 73.6 cm³/mol. The third-order valence-corrected chi connectivity index (χ3v) is 2.84. The molecule has 0 aromatic heterocycles. The molecule has 0 fully saturated rings. The Bertz CT molecular complexity index is 317. The molecule has 0 bridgehead atoms. The summed E-state index contributed by atoms with van der Waals surface area (Å²) in [6.45, 7) is 6.82. The number of nitrogens with one attached hydrogen (secondary N) is 1. The Hall–Kier alpha value is -0.570. The first-order chi connectivity index (χ1) is 8.27. The van der Waals surface area contributed by atoms with Crippen LogP contribution in [-0.2, 0) is 4.74 Å². The molecule has 0 saturated heterocycles. The van der Waals surface area contributed by atoms with Gasteiger partial charge in [-0.05, 0) is 37.1 Å². The lowest BCUT2D eigenvalue weighted by molar-refractivity contribution is 0.124. The lowest BCUT2D eigenvalue weighted by Gasteiger charge is -2.18. The van der Waals surface area contributed by atoms with Crippen molar-refractivity contribution in [3.05, 3.63) is 34.9 Å². The summed E-state index contributed by atoms with van der Waals surface area (Å²) in [6, 6.07) is 8.36. The molecule has 96 valence electrons. The van der Waals surface area contributed by atoms with Gasteiger partial charge >= 0.3 is 0 Å². The fourth-order valence-electron chi connectivity index (χ4n) is 1.80. The highest BCUT2D eigenvalue weighted by Crippen LogP contribution is 2.20. The Morgan fingerprint density at radius 3 is 2.76 bits per heavy atom. The number of rotatable bonds is 8. The molecule has 0 aliphatic heterocycles. The van der Waals surface area contributed by atoms with Crippen molar-refractivity contribution < 1.29 is 4.74 Å². The van der Waals surface area contributed by atoms with Crippen LogP contribution in [0.3, 0.4) is 0 Å². The van der Waals surface area contributed by atoms with Crippen LogP contribution < -0.4 is 5.32 Å². The maximum absolute atomic E-state index is 6.01. The van der Waals surface area contributed by atoms with E-state index in [9.17, 15) is 0 Å². The van der Waals surface area contributed by atoms with Gasteiger partial charge in [0.1, 0.15) is 0 Å². The van der Waals surface area contributed by atoms with Crippen LogP contribution in [-0.4, -0.2) is 19.8 Å². The van der Waals surface area contributed by atoms with E-state index in [1.807, 2.05) is 18.2 Å². The summed E-state index contributed by atoms with van der Waals surface area (Å²) in [7, 11) is 0. The molecule has 1 aromatic carbocycles. The van der Waals surface area contributed by atoms with E-state index in [0.29, 0.717) is 6.04 Å². The summed E-state index contributed by atoms with van der Waals surface area (Å²) in [5, 5.41) is 4.26. The van der Waals surface area contributed by atoms with Crippen molar-refractivity contribution in [2.45, 2.75) is 32.7 Å². The van der Waals surface area contributed by atoms with Gasteiger partial charge in [-0.25, -0.2) is 0 Å². The molecule has 2 nitrogen and oxygen atoms in total. The molecule has 3 heteroatoms. The van der Waals surface area contributed by atoms with Crippen LogP contribution in [0.25, 0.3) is 0 Å². The van der Waals surface area contributed by atoms with E-state index in [2.05, 4.69) is 25.2 Å². The van der Waals surface area contributed by atoms with E-state index >= 15 is 0 Å². The molecule has 0 aliphatic rings. The van der Waals surface area contributed by atoms with Gasteiger partial charge in [-0.2, -0.15) is 0 Å². The summed E-state index contributed by atoms with van der Waals surface area (Å²) < 4.78 is 5.54. The van der Waals surface area contributed by atoms with Gasteiger partial charge in [-0.1, -0.05) is 37.6 Å². The Morgan fingerprint density at radius 2 is 2.12 bits per heavy atom. The van der Waals surface area contributed by atoms with Crippen molar-refractivity contribution in [3.63, 3.8) is 0 Å². The third-order valence-electron chi connectivity index (χ3n) is 2.60. The van der Waals surface area contributed by atoms with Crippen LogP contribution in [0.1, 0.15) is 38.3 Å². The molecule has 0 radical (unpaired) electrons. The molecule has 1 unspecified atom stereocenters. The number of hydrogen-bond donors (Lipinski definition) is 1. The van der Waals surface area contributed by atoms with Gasteiger partial charge in [0, 0.05) is 24.3 Å². The fraction of sp³-hybridized carbons (Fsp3) is 0.571. The highest BCUT2D eigenvalue weighted by molar-refractivity contribution is 6.30. The van der Waals surface area contributed by atoms with E-state index in [0.717, 1.165) is 37.6 Å². The second-order valence-electron chi connectivity index (χ2n) is 4.07. The molecule has 1 atom stereocenters. The molecule has 0 aliphatic carbocycles. The van der Waals surface area contributed by atoms with Gasteiger partial charge in [0.25, 0.3) is 0 Å². The zero-order chi connectivity index (χ0) is 12.5. The third kappa shape index (κ3) is 5.53. The molecule has 1 aromatic rings. The number of hydrogen-bond acceptors (Lipinski definition) is 2. The first kappa shape index (κ1) is 14.5. The lowest BCUT2D eigenvalue weighted by Crippen LogP contribution is -2.22. The minimum atomic E-state index is 0.329. The second kappa shape index (κ2) is 8.51. The van der Waals surface area contributed by atoms with Gasteiger partial charge in [-0.3, -0.25) is 0 Å². The van der Waals surface area contributed by atoms with Crippen molar-refractivity contribution >= 4 is 11.6 Å². The van der Waals surface area contributed by atoms with E-state index < -0.39 is 0 Å². The van der Waals surface area contributed by atoms with E-state index in [-0.39, 0.29) is 0 Å². The normalized spacial score (nSPS) is 12.6. The van der Waals surface area contributed by atoms with E-state index in [1.165, 1.54) is 5.56 Å². The maximum Gasteiger partial charge on any atom is 0.0484 e. The highest BCUT2D eigenvalue weighted by Gasteiger charge is 2.10. The van der Waals surface area contributed by atoms with Crippen LogP contribution in [0.2, 0.25) is 5.02 Å². The van der Waals surface area contributed by atoms with Gasteiger partial charge in [0.15, 0.2) is 0 Å². The smallest absolute Gasteiger partial charge is 0.0484 e. The molecular weight excluding hydrogens is 234 g/mol. The summed E-state index contributed by atoms with van der Waals surface area (Å²) in [6.07, 6.45) is 2.05. The second-order valence-corrected chi connectivity index (χ2v) is 4.50. The summed E-state index contributed by atoms with van der Waals surface area (Å²) in [4.78, 5) is 0. The first-order valence-corrected chi connectivity index (χ1v) is 6.72. The van der Waals surface area contributed by atoms with Gasteiger partial charge in [0.05, 0.1) is 0 Å². The Kier molecular flexibility index (Phi) is 7.25. The predicted octanol–water partition coefficient (Wildman–Crippen LogP) is 3.81. The zero-order valence-electron chi connectivity index (χ0n) is 10.7. The molecule has 1 rings (SSSR count). The molecule has 17 heavy (non-hydrogen) atoms. The molecule has 0 spiro atoms. The fourth-order valence-corrected chi connectivity index (χ4v) is 2.00. The molecule has 1 N–H and O–H groups in total. The average Bonchev–Trinajstić information content (AvgIpc) is 2.33.